The Bertz CT molecular complexity index is 838. The molecule has 1 atom stereocenters. The predicted octanol–water partition coefficient (Wildman–Crippen LogP) is -0.390. The van der Waals surface area contributed by atoms with Crippen LogP contribution in [0.1, 0.15) is 34.3 Å². The summed E-state index contributed by atoms with van der Waals surface area (Å²) in [5.74, 6) is 0.628. The highest BCUT2D eigenvalue weighted by Crippen LogP contribution is 2.25. The fraction of sp³-hybridized carbons (Fsp3) is 0.538. The Morgan fingerprint density at radius 1 is 1.48 bits per heavy atom. The van der Waals surface area contributed by atoms with Gasteiger partial charge in [-0.3, -0.25) is 9.48 Å². The molecular formula is C13H18N6O3S. The van der Waals surface area contributed by atoms with Crippen molar-refractivity contribution in [2.45, 2.75) is 25.9 Å². The van der Waals surface area contributed by atoms with E-state index >= 15 is 0 Å². The molecule has 1 N–H and O–H groups in total. The molecule has 1 aliphatic rings. The van der Waals surface area contributed by atoms with Gasteiger partial charge in [0, 0.05) is 12.7 Å². The Balaban J connectivity index is 1.71. The molecule has 0 radical (unpaired) electrons. The third kappa shape index (κ3) is 3.11. The van der Waals surface area contributed by atoms with Gasteiger partial charge in [-0.2, -0.15) is 5.10 Å². The molecule has 0 unspecified atom stereocenters. The summed E-state index contributed by atoms with van der Waals surface area (Å²) in [5, 5.41) is 14.6. The topological polar surface area (TPSA) is 112 Å². The van der Waals surface area contributed by atoms with Crippen LogP contribution >= 0.6 is 0 Å². The average Bonchev–Trinajstić information content (AvgIpc) is 3.16. The summed E-state index contributed by atoms with van der Waals surface area (Å²) in [6, 6.07) is -0.194. The van der Waals surface area contributed by atoms with Gasteiger partial charge in [0.2, 0.25) is 0 Å². The highest BCUT2D eigenvalue weighted by molar-refractivity contribution is 7.91. The van der Waals surface area contributed by atoms with Crippen molar-refractivity contribution >= 4 is 15.7 Å². The maximum atomic E-state index is 12.3. The monoisotopic (exact) mass is 338 g/mol. The van der Waals surface area contributed by atoms with Gasteiger partial charge in [0.05, 0.1) is 35.9 Å². The highest BCUT2D eigenvalue weighted by Gasteiger charge is 2.31. The number of hydrogen-bond donors (Lipinski definition) is 1. The van der Waals surface area contributed by atoms with Crippen LogP contribution in [-0.2, 0) is 23.4 Å². The summed E-state index contributed by atoms with van der Waals surface area (Å²) >= 11 is 0. The van der Waals surface area contributed by atoms with Gasteiger partial charge >= 0.3 is 0 Å². The fourth-order valence-electron chi connectivity index (χ4n) is 2.70. The van der Waals surface area contributed by atoms with Crippen molar-refractivity contribution in [3.63, 3.8) is 0 Å². The molecule has 0 aromatic carbocycles. The zero-order chi connectivity index (χ0) is 16.6. The van der Waals surface area contributed by atoms with Gasteiger partial charge in [-0.05, 0) is 13.3 Å². The molecular weight excluding hydrogens is 320 g/mol. The number of hydrogen-bond acceptors (Lipinski definition) is 6. The first-order valence-electron chi connectivity index (χ1n) is 7.23. The minimum absolute atomic E-state index is 0.0789. The number of amides is 1. The van der Waals surface area contributed by atoms with Gasteiger partial charge in [-0.15, -0.1) is 10.2 Å². The SMILES string of the molecule is Cc1c(C(=O)NCc2nncn2C)cnn1[C@H]1CCS(=O)(=O)C1. The molecule has 1 aliphatic heterocycles. The Labute approximate surface area is 133 Å². The molecule has 1 amide bonds. The van der Waals surface area contributed by atoms with Crippen LogP contribution in [0.3, 0.4) is 0 Å². The minimum atomic E-state index is -3.00. The molecule has 3 heterocycles. The summed E-state index contributed by atoms with van der Waals surface area (Å²) < 4.78 is 26.6. The summed E-state index contributed by atoms with van der Waals surface area (Å²) in [7, 11) is -1.20. The van der Waals surface area contributed by atoms with Crippen LogP contribution in [0, 0.1) is 6.92 Å². The third-order valence-electron chi connectivity index (χ3n) is 4.06. The van der Waals surface area contributed by atoms with Gasteiger partial charge in [0.25, 0.3) is 5.91 Å². The van der Waals surface area contributed by atoms with Crippen LogP contribution in [-0.4, -0.2) is 50.4 Å². The zero-order valence-corrected chi connectivity index (χ0v) is 13.7. The maximum absolute atomic E-state index is 12.3. The second-order valence-electron chi connectivity index (χ2n) is 5.69. The number of carbonyl (C=O) groups excluding carboxylic acids is 1. The summed E-state index contributed by atoms with van der Waals surface area (Å²) in [5.41, 5.74) is 1.11. The lowest BCUT2D eigenvalue weighted by atomic mass is 10.2. The molecule has 1 saturated heterocycles. The standard InChI is InChI=1S/C13H18N6O3S/c1-9-11(13(20)14-6-12-17-15-8-18(12)2)5-16-19(9)10-3-4-23(21,22)7-10/h5,8,10H,3-4,6-7H2,1-2H3,(H,14,20)/t10-/m0/s1. The number of aryl methyl sites for hydroxylation is 1. The Morgan fingerprint density at radius 3 is 2.87 bits per heavy atom. The quantitative estimate of drug-likeness (QED) is 0.812. The van der Waals surface area contributed by atoms with E-state index in [-0.39, 0.29) is 30.0 Å². The van der Waals surface area contributed by atoms with Crippen molar-refractivity contribution < 1.29 is 13.2 Å². The zero-order valence-electron chi connectivity index (χ0n) is 12.9. The normalized spacial score (nSPS) is 19.8. The van der Waals surface area contributed by atoms with E-state index in [1.807, 2.05) is 0 Å². The summed E-state index contributed by atoms with van der Waals surface area (Å²) in [6.07, 6.45) is 3.57. The van der Waals surface area contributed by atoms with E-state index in [2.05, 4.69) is 20.6 Å². The molecule has 0 bridgehead atoms. The highest BCUT2D eigenvalue weighted by atomic mass is 32.2. The van der Waals surface area contributed by atoms with Crippen molar-refractivity contribution in [2.24, 2.45) is 7.05 Å². The Hall–Kier alpha value is -2.23. The van der Waals surface area contributed by atoms with E-state index in [1.165, 1.54) is 6.20 Å². The number of nitrogens with one attached hydrogen (secondary N) is 1. The van der Waals surface area contributed by atoms with Crippen LogP contribution in [0.2, 0.25) is 0 Å². The first-order chi connectivity index (χ1) is 10.9. The Morgan fingerprint density at radius 2 is 2.26 bits per heavy atom. The molecule has 3 rings (SSSR count). The summed E-state index contributed by atoms with van der Waals surface area (Å²) in [6.45, 7) is 2.03. The Kier molecular flexibility index (Phi) is 3.92. The summed E-state index contributed by atoms with van der Waals surface area (Å²) in [4.78, 5) is 12.3. The van der Waals surface area contributed by atoms with Crippen molar-refractivity contribution in [3.05, 3.63) is 29.6 Å². The number of sulfone groups is 1. The molecule has 124 valence electrons. The van der Waals surface area contributed by atoms with Crippen LogP contribution in [0.4, 0.5) is 0 Å². The second kappa shape index (κ2) is 5.76. The molecule has 0 aliphatic carbocycles. The largest absolute Gasteiger partial charge is 0.345 e. The van der Waals surface area contributed by atoms with E-state index in [9.17, 15) is 13.2 Å². The lowest BCUT2D eigenvalue weighted by Gasteiger charge is -2.11. The van der Waals surface area contributed by atoms with Crippen molar-refractivity contribution in [1.82, 2.24) is 29.9 Å². The van der Waals surface area contributed by atoms with Crippen LogP contribution in [0.25, 0.3) is 0 Å². The molecule has 1 fully saturated rings. The maximum Gasteiger partial charge on any atom is 0.255 e. The second-order valence-corrected chi connectivity index (χ2v) is 7.91. The van der Waals surface area contributed by atoms with Crippen LogP contribution < -0.4 is 5.32 Å². The van der Waals surface area contributed by atoms with Crippen LogP contribution in [0.15, 0.2) is 12.5 Å². The lowest BCUT2D eigenvalue weighted by Crippen LogP contribution is -2.25. The van der Waals surface area contributed by atoms with Gasteiger partial charge < -0.3 is 9.88 Å². The number of carbonyl (C=O) groups is 1. The van der Waals surface area contributed by atoms with Gasteiger partial charge in [-0.25, -0.2) is 8.42 Å². The third-order valence-corrected chi connectivity index (χ3v) is 5.81. The first kappa shape index (κ1) is 15.7. The van der Waals surface area contributed by atoms with Gasteiger partial charge in [0.15, 0.2) is 15.7 Å². The van der Waals surface area contributed by atoms with E-state index < -0.39 is 9.84 Å². The average molecular weight is 338 g/mol. The van der Waals surface area contributed by atoms with Crippen molar-refractivity contribution in [1.29, 1.82) is 0 Å². The van der Waals surface area contributed by atoms with Gasteiger partial charge in [0.1, 0.15) is 6.33 Å². The molecule has 2 aromatic rings. The van der Waals surface area contributed by atoms with Crippen molar-refractivity contribution in [3.8, 4) is 0 Å². The van der Waals surface area contributed by atoms with Gasteiger partial charge in [-0.1, -0.05) is 0 Å². The van der Waals surface area contributed by atoms with E-state index in [0.29, 0.717) is 23.5 Å². The van der Waals surface area contributed by atoms with E-state index in [1.54, 1.807) is 29.5 Å². The van der Waals surface area contributed by atoms with E-state index in [0.717, 1.165) is 0 Å². The molecule has 9 nitrogen and oxygen atoms in total. The first-order valence-corrected chi connectivity index (χ1v) is 9.05. The number of nitrogens with zero attached hydrogens (tertiary/aromatic N) is 5. The molecule has 0 saturated carbocycles. The predicted molar refractivity (Wildman–Crippen MR) is 81.4 cm³/mol. The number of aromatic nitrogens is 5. The molecule has 2 aromatic heterocycles. The molecule has 10 heteroatoms. The van der Waals surface area contributed by atoms with E-state index in [4.69, 9.17) is 0 Å². The smallest absolute Gasteiger partial charge is 0.255 e. The van der Waals surface area contributed by atoms with Crippen LogP contribution in [0.5, 0.6) is 0 Å². The lowest BCUT2D eigenvalue weighted by molar-refractivity contribution is 0.0948. The number of rotatable bonds is 4. The minimum Gasteiger partial charge on any atom is -0.345 e. The molecule has 23 heavy (non-hydrogen) atoms. The fourth-order valence-corrected chi connectivity index (χ4v) is 4.40. The molecule has 0 spiro atoms. The van der Waals surface area contributed by atoms with Crippen molar-refractivity contribution in [2.75, 3.05) is 11.5 Å².